The fraction of sp³-hybridized carbons (Fsp3) is 0.647. The van der Waals surface area contributed by atoms with Gasteiger partial charge >= 0.3 is 0 Å². The zero-order valence-electron chi connectivity index (χ0n) is 13.5. The summed E-state index contributed by atoms with van der Waals surface area (Å²) < 4.78 is 11.5. The van der Waals surface area contributed by atoms with Crippen LogP contribution in [0.15, 0.2) is 24.3 Å². The number of hydrogen-bond acceptors (Lipinski definition) is 4. The molecule has 118 valence electrons. The Morgan fingerprint density at radius 3 is 2.76 bits per heavy atom. The van der Waals surface area contributed by atoms with E-state index in [-0.39, 0.29) is 0 Å². The van der Waals surface area contributed by atoms with Crippen molar-refractivity contribution >= 4 is 0 Å². The molecule has 4 heteroatoms. The minimum absolute atomic E-state index is 0.326. The lowest BCUT2D eigenvalue weighted by Crippen LogP contribution is -2.48. The molecule has 1 fully saturated rings. The molecule has 0 amide bonds. The Morgan fingerprint density at radius 2 is 2.05 bits per heavy atom. The standard InChI is InChI=1S/C17H28N2O2/c1-4-18-11-16-5-7-17(8-6-16)20-10-9-19-12-15(3)21-13-14(19)2/h5-8,14-15,18H,4,9-13H2,1-3H3. The second kappa shape index (κ2) is 8.37. The van der Waals surface area contributed by atoms with Gasteiger partial charge in [0.15, 0.2) is 0 Å². The van der Waals surface area contributed by atoms with Crippen molar-refractivity contribution in [2.45, 2.75) is 39.5 Å². The summed E-state index contributed by atoms with van der Waals surface area (Å²) in [7, 11) is 0. The Morgan fingerprint density at radius 1 is 1.29 bits per heavy atom. The van der Waals surface area contributed by atoms with E-state index < -0.39 is 0 Å². The summed E-state index contributed by atoms with van der Waals surface area (Å²) in [5.41, 5.74) is 1.29. The predicted molar refractivity (Wildman–Crippen MR) is 85.8 cm³/mol. The molecular formula is C17H28N2O2. The van der Waals surface area contributed by atoms with E-state index >= 15 is 0 Å². The SMILES string of the molecule is CCNCc1ccc(OCCN2CC(C)OCC2C)cc1. The van der Waals surface area contributed by atoms with Crippen molar-refractivity contribution in [3.05, 3.63) is 29.8 Å². The quantitative estimate of drug-likeness (QED) is 0.836. The number of nitrogens with one attached hydrogen (secondary N) is 1. The van der Waals surface area contributed by atoms with Crippen LogP contribution < -0.4 is 10.1 Å². The van der Waals surface area contributed by atoms with E-state index in [1.165, 1.54) is 5.56 Å². The van der Waals surface area contributed by atoms with Gasteiger partial charge in [0.1, 0.15) is 12.4 Å². The van der Waals surface area contributed by atoms with Gasteiger partial charge in [0, 0.05) is 25.7 Å². The summed E-state index contributed by atoms with van der Waals surface area (Å²) in [5.74, 6) is 0.948. The lowest BCUT2D eigenvalue weighted by molar-refractivity contribution is -0.0522. The lowest BCUT2D eigenvalue weighted by atomic mass is 10.2. The minimum Gasteiger partial charge on any atom is -0.492 e. The third kappa shape index (κ3) is 5.30. The highest BCUT2D eigenvalue weighted by atomic mass is 16.5. The van der Waals surface area contributed by atoms with E-state index in [0.717, 1.165) is 45.1 Å². The molecule has 0 spiro atoms. The predicted octanol–water partition coefficient (Wildman–Crippen LogP) is 2.28. The van der Waals surface area contributed by atoms with E-state index in [9.17, 15) is 0 Å². The molecule has 1 aliphatic rings. The summed E-state index contributed by atoms with van der Waals surface area (Å²) in [6, 6.07) is 8.83. The first-order chi connectivity index (χ1) is 10.2. The van der Waals surface area contributed by atoms with Gasteiger partial charge in [0.2, 0.25) is 0 Å². The summed E-state index contributed by atoms with van der Waals surface area (Å²) >= 11 is 0. The molecule has 1 aromatic carbocycles. The van der Waals surface area contributed by atoms with Gasteiger partial charge in [-0.25, -0.2) is 0 Å². The van der Waals surface area contributed by atoms with Crippen LogP contribution in [0, 0.1) is 0 Å². The topological polar surface area (TPSA) is 33.7 Å². The van der Waals surface area contributed by atoms with Gasteiger partial charge in [-0.05, 0) is 38.1 Å². The molecule has 1 aliphatic heterocycles. The van der Waals surface area contributed by atoms with Crippen LogP contribution in [0.5, 0.6) is 5.75 Å². The van der Waals surface area contributed by atoms with Crippen LogP contribution in [0.1, 0.15) is 26.3 Å². The molecule has 1 N–H and O–H groups in total. The fourth-order valence-electron chi connectivity index (χ4n) is 2.54. The summed E-state index contributed by atoms with van der Waals surface area (Å²) in [6.07, 6.45) is 0.326. The van der Waals surface area contributed by atoms with E-state index in [0.29, 0.717) is 12.1 Å². The first kappa shape index (κ1) is 16.3. The van der Waals surface area contributed by atoms with E-state index in [1.54, 1.807) is 0 Å². The van der Waals surface area contributed by atoms with Crippen LogP contribution in [0.4, 0.5) is 0 Å². The van der Waals surface area contributed by atoms with Crippen molar-refractivity contribution in [1.29, 1.82) is 0 Å². The van der Waals surface area contributed by atoms with E-state index in [2.05, 4.69) is 55.3 Å². The molecule has 0 bridgehead atoms. The first-order valence-corrected chi connectivity index (χ1v) is 7.97. The van der Waals surface area contributed by atoms with Crippen molar-refractivity contribution in [2.24, 2.45) is 0 Å². The van der Waals surface area contributed by atoms with Gasteiger partial charge in [0.05, 0.1) is 12.7 Å². The summed E-state index contributed by atoms with van der Waals surface area (Å²) in [5, 5.41) is 3.32. The van der Waals surface area contributed by atoms with Gasteiger partial charge in [0.25, 0.3) is 0 Å². The zero-order chi connectivity index (χ0) is 15.1. The van der Waals surface area contributed by atoms with Crippen molar-refractivity contribution in [3.8, 4) is 5.75 Å². The number of morpholine rings is 1. The lowest BCUT2D eigenvalue weighted by Gasteiger charge is -2.36. The monoisotopic (exact) mass is 292 g/mol. The number of ether oxygens (including phenoxy) is 2. The maximum Gasteiger partial charge on any atom is 0.119 e. The van der Waals surface area contributed by atoms with Gasteiger partial charge in [-0.15, -0.1) is 0 Å². The molecule has 0 radical (unpaired) electrons. The highest BCUT2D eigenvalue weighted by Gasteiger charge is 2.22. The minimum atomic E-state index is 0.326. The van der Waals surface area contributed by atoms with Gasteiger partial charge < -0.3 is 14.8 Å². The average Bonchev–Trinajstić information content (AvgIpc) is 2.50. The Kier molecular flexibility index (Phi) is 6.49. The van der Waals surface area contributed by atoms with Crippen molar-refractivity contribution in [3.63, 3.8) is 0 Å². The molecule has 0 saturated carbocycles. The van der Waals surface area contributed by atoms with Crippen LogP contribution in [0.2, 0.25) is 0 Å². The zero-order valence-corrected chi connectivity index (χ0v) is 13.5. The van der Waals surface area contributed by atoms with Crippen LogP contribution in [0.3, 0.4) is 0 Å². The first-order valence-electron chi connectivity index (χ1n) is 7.97. The maximum absolute atomic E-state index is 5.85. The Bertz CT molecular complexity index is 408. The van der Waals surface area contributed by atoms with Crippen LogP contribution >= 0.6 is 0 Å². The van der Waals surface area contributed by atoms with Crippen LogP contribution in [-0.4, -0.2) is 49.9 Å². The second-order valence-corrected chi connectivity index (χ2v) is 5.76. The van der Waals surface area contributed by atoms with Gasteiger partial charge in [-0.3, -0.25) is 4.90 Å². The van der Waals surface area contributed by atoms with Gasteiger partial charge in [-0.2, -0.15) is 0 Å². The molecule has 1 heterocycles. The largest absolute Gasteiger partial charge is 0.492 e. The highest BCUT2D eigenvalue weighted by molar-refractivity contribution is 5.27. The second-order valence-electron chi connectivity index (χ2n) is 5.76. The number of benzene rings is 1. The maximum atomic E-state index is 5.85. The number of nitrogens with zero attached hydrogens (tertiary/aromatic N) is 1. The normalized spacial score (nSPS) is 23.2. The molecular weight excluding hydrogens is 264 g/mol. The molecule has 1 aromatic rings. The third-order valence-electron chi connectivity index (χ3n) is 3.89. The fourth-order valence-corrected chi connectivity index (χ4v) is 2.54. The number of hydrogen-bond donors (Lipinski definition) is 1. The van der Waals surface area contributed by atoms with E-state index in [1.807, 2.05) is 0 Å². The number of rotatable bonds is 7. The molecule has 1 saturated heterocycles. The molecule has 2 rings (SSSR count). The van der Waals surface area contributed by atoms with Crippen LogP contribution in [-0.2, 0) is 11.3 Å². The van der Waals surface area contributed by atoms with E-state index in [4.69, 9.17) is 9.47 Å². The summed E-state index contributed by atoms with van der Waals surface area (Å²) in [6.45, 7) is 11.9. The molecule has 21 heavy (non-hydrogen) atoms. The molecule has 4 nitrogen and oxygen atoms in total. The Hall–Kier alpha value is -1.10. The Balaban J connectivity index is 1.72. The molecule has 2 atom stereocenters. The summed E-state index contributed by atoms with van der Waals surface area (Å²) in [4.78, 5) is 2.44. The molecule has 0 aliphatic carbocycles. The molecule has 2 unspecified atom stereocenters. The van der Waals surface area contributed by atoms with Crippen molar-refractivity contribution < 1.29 is 9.47 Å². The van der Waals surface area contributed by atoms with Crippen molar-refractivity contribution in [1.82, 2.24) is 10.2 Å². The highest BCUT2D eigenvalue weighted by Crippen LogP contribution is 2.14. The average molecular weight is 292 g/mol. The smallest absolute Gasteiger partial charge is 0.119 e. The van der Waals surface area contributed by atoms with Gasteiger partial charge in [-0.1, -0.05) is 19.1 Å². The van der Waals surface area contributed by atoms with Crippen LogP contribution in [0.25, 0.3) is 0 Å². The molecule has 0 aromatic heterocycles. The third-order valence-corrected chi connectivity index (χ3v) is 3.89. The van der Waals surface area contributed by atoms with Crippen molar-refractivity contribution in [2.75, 3.05) is 32.8 Å². The Labute approximate surface area is 128 Å².